The smallest absolute Gasteiger partial charge is 0.320 e. The van der Waals surface area contributed by atoms with E-state index < -0.39 is 23.7 Å². The van der Waals surface area contributed by atoms with Crippen molar-refractivity contribution in [3.8, 4) is 0 Å². The van der Waals surface area contributed by atoms with Crippen LogP contribution in [0.5, 0.6) is 0 Å². The summed E-state index contributed by atoms with van der Waals surface area (Å²) in [7, 11) is 0. The largest absolute Gasteiger partial charge is 0.360 e. The molecule has 1 aromatic carbocycles. The van der Waals surface area contributed by atoms with E-state index in [4.69, 9.17) is 4.52 Å². The van der Waals surface area contributed by atoms with Crippen molar-refractivity contribution < 1.29 is 18.1 Å². The van der Waals surface area contributed by atoms with E-state index in [-0.39, 0.29) is 11.4 Å². The van der Waals surface area contributed by atoms with Crippen LogP contribution < -0.4 is 10.6 Å². The summed E-state index contributed by atoms with van der Waals surface area (Å²) in [6, 6.07) is 3.33. The fourth-order valence-electron chi connectivity index (χ4n) is 1.70. The molecule has 2 N–H and O–H groups in total. The maximum absolute atomic E-state index is 13.5. The third kappa shape index (κ3) is 3.31. The number of hydrogen-bond acceptors (Lipinski definition) is 3. The molecule has 1 heterocycles. The minimum atomic E-state index is -0.696. The highest BCUT2D eigenvalue weighted by Crippen LogP contribution is 2.18. The lowest BCUT2D eigenvalue weighted by molar-refractivity contribution is 0.249. The predicted octanol–water partition coefficient (Wildman–Crippen LogP) is 3.14. The number of halogens is 2. The van der Waals surface area contributed by atoms with Crippen LogP contribution >= 0.6 is 0 Å². The number of amides is 2. The summed E-state index contributed by atoms with van der Waals surface area (Å²) in [5.41, 5.74) is 0.0662. The number of urea groups is 1. The molecule has 20 heavy (non-hydrogen) atoms. The highest BCUT2D eigenvalue weighted by Gasteiger charge is 2.15. The van der Waals surface area contributed by atoms with Crippen LogP contribution in [0.25, 0.3) is 0 Å². The Morgan fingerprint density at radius 1 is 1.35 bits per heavy atom. The molecule has 7 heteroatoms. The molecule has 0 saturated carbocycles. The zero-order valence-electron chi connectivity index (χ0n) is 10.9. The van der Waals surface area contributed by atoms with Crippen LogP contribution in [0.2, 0.25) is 0 Å². The third-order valence-electron chi connectivity index (χ3n) is 2.64. The van der Waals surface area contributed by atoms with Crippen LogP contribution in [-0.2, 0) is 0 Å². The summed E-state index contributed by atoms with van der Waals surface area (Å²) in [4.78, 5) is 11.7. The number of carbonyl (C=O) groups is 1. The lowest BCUT2D eigenvalue weighted by Crippen LogP contribution is -2.31. The summed E-state index contributed by atoms with van der Waals surface area (Å²) < 4.78 is 31.4. The number of nitrogens with zero attached hydrogens (tertiary/aromatic N) is 1. The van der Waals surface area contributed by atoms with E-state index in [1.54, 1.807) is 13.8 Å². The van der Waals surface area contributed by atoms with Crippen LogP contribution in [0.4, 0.5) is 19.4 Å². The Balaban J connectivity index is 2.01. The molecule has 0 saturated heterocycles. The summed E-state index contributed by atoms with van der Waals surface area (Å²) in [5.74, 6) is -0.365. The van der Waals surface area contributed by atoms with Gasteiger partial charge in [0.25, 0.3) is 0 Å². The van der Waals surface area contributed by atoms with Gasteiger partial charge in [0.05, 0.1) is 6.04 Å². The molecule has 106 valence electrons. The van der Waals surface area contributed by atoms with E-state index in [2.05, 4.69) is 15.8 Å². The fourth-order valence-corrected chi connectivity index (χ4v) is 1.70. The number of nitrogens with one attached hydrogen (secondary N) is 2. The van der Waals surface area contributed by atoms with Crippen LogP contribution in [0.1, 0.15) is 24.3 Å². The summed E-state index contributed by atoms with van der Waals surface area (Å²) in [6.45, 7) is 3.23. The number of benzene rings is 1. The first-order valence-corrected chi connectivity index (χ1v) is 5.91. The number of carbonyl (C=O) groups excluding carboxylic acids is 1. The average molecular weight is 281 g/mol. The topological polar surface area (TPSA) is 67.2 Å². The molecule has 2 rings (SSSR count). The van der Waals surface area contributed by atoms with Gasteiger partial charge in [0.1, 0.15) is 17.4 Å². The van der Waals surface area contributed by atoms with Gasteiger partial charge < -0.3 is 9.84 Å². The Kier molecular flexibility index (Phi) is 3.97. The number of aryl methyl sites for hydroxylation is 1. The van der Waals surface area contributed by atoms with Gasteiger partial charge >= 0.3 is 6.03 Å². The van der Waals surface area contributed by atoms with Crippen LogP contribution in [0.3, 0.4) is 0 Å². The molecule has 0 fully saturated rings. The zero-order chi connectivity index (χ0) is 14.7. The molecule has 0 bridgehead atoms. The monoisotopic (exact) mass is 281 g/mol. The molecule has 0 aliphatic rings. The Hall–Kier alpha value is -2.44. The third-order valence-corrected chi connectivity index (χ3v) is 2.64. The molecular weight excluding hydrogens is 268 g/mol. The van der Waals surface area contributed by atoms with Gasteiger partial charge in [-0.25, -0.2) is 13.6 Å². The molecule has 1 aromatic heterocycles. The molecule has 0 radical (unpaired) electrons. The van der Waals surface area contributed by atoms with Crippen LogP contribution in [0.15, 0.2) is 28.8 Å². The quantitative estimate of drug-likeness (QED) is 0.908. The Morgan fingerprint density at radius 2 is 2.10 bits per heavy atom. The fraction of sp³-hybridized carbons (Fsp3) is 0.231. The molecule has 0 aliphatic carbocycles. The molecule has 5 nitrogen and oxygen atoms in total. The van der Waals surface area contributed by atoms with Gasteiger partial charge in [-0.05, 0) is 32.0 Å². The standard InChI is InChI=1S/C13H13F2N3O2/c1-7-5-12(18-20-7)17-13(19)16-8(2)10-6-9(14)3-4-11(10)15/h3-6,8H,1-2H3,(H2,16,17,18,19)/t8-/m1/s1. The van der Waals surface area contributed by atoms with E-state index in [1.807, 2.05) is 0 Å². The maximum Gasteiger partial charge on any atom is 0.320 e. The molecule has 1 atom stereocenters. The molecule has 0 spiro atoms. The second-order valence-electron chi connectivity index (χ2n) is 4.31. The maximum atomic E-state index is 13.5. The first kappa shape index (κ1) is 14.0. The minimum absolute atomic E-state index is 0.0662. The normalized spacial score (nSPS) is 12.0. The lowest BCUT2D eigenvalue weighted by atomic mass is 10.1. The van der Waals surface area contributed by atoms with Crippen molar-refractivity contribution in [2.24, 2.45) is 0 Å². The van der Waals surface area contributed by atoms with E-state index in [0.29, 0.717) is 5.76 Å². The molecule has 2 aromatic rings. The van der Waals surface area contributed by atoms with Crippen LogP contribution in [0, 0.1) is 18.6 Å². The molecular formula is C13H13F2N3O2. The Labute approximate surface area is 114 Å². The number of anilines is 1. The van der Waals surface area contributed by atoms with E-state index in [0.717, 1.165) is 18.2 Å². The van der Waals surface area contributed by atoms with Gasteiger partial charge in [-0.15, -0.1) is 0 Å². The Bertz CT molecular complexity index is 628. The summed E-state index contributed by atoms with van der Waals surface area (Å²) >= 11 is 0. The highest BCUT2D eigenvalue weighted by atomic mass is 19.1. The summed E-state index contributed by atoms with van der Waals surface area (Å²) in [5, 5.41) is 8.50. The van der Waals surface area contributed by atoms with Gasteiger partial charge in [0, 0.05) is 11.6 Å². The van der Waals surface area contributed by atoms with E-state index in [1.165, 1.54) is 6.07 Å². The SMILES string of the molecule is Cc1cc(NC(=O)N[C@H](C)c2cc(F)ccc2F)no1. The average Bonchev–Trinajstić information content (AvgIpc) is 2.77. The van der Waals surface area contributed by atoms with E-state index >= 15 is 0 Å². The molecule has 2 amide bonds. The van der Waals surface area contributed by atoms with Crippen molar-refractivity contribution in [1.29, 1.82) is 0 Å². The van der Waals surface area contributed by atoms with Crippen molar-refractivity contribution in [2.75, 3.05) is 5.32 Å². The predicted molar refractivity (Wildman–Crippen MR) is 68.2 cm³/mol. The Morgan fingerprint density at radius 3 is 2.75 bits per heavy atom. The minimum Gasteiger partial charge on any atom is -0.360 e. The zero-order valence-corrected chi connectivity index (χ0v) is 10.9. The second-order valence-corrected chi connectivity index (χ2v) is 4.31. The second kappa shape index (κ2) is 5.68. The van der Waals surface area contributed by atoms with Crippen molar-refractivity contribution >= 4 is 11.8 Å². The van der Waals surface area contributed by atoms with Crippen molar-refractivity contribution in [3.05, 3.63) is 47.2 Å². The lowest BCUT2D eigenvalue weighted by Gasteiger charge is -2.15. The molecule has 0 aliphatic heterocycles. The van der Waals surface area contributed by atoms with Crippen LogP contribution in [-0.4, -0.2) is 11.2 Å². The van der Waals surface area contributed by atoms with E-state index in [9.17, 15) is 13.6 Å². The van der Waals surface area contributed by atoms with Crippen molar-refractivity contribution in [1.82, 2.24) is 10.5 Å². The first-order valence-electron chi connectivity index (χ1n) is 5.91. The highest BCUT2D eigenvalue weighted by molar-refractivity contribution is 5.88. The van der Waals surface area contributed by atoms with Crippen molar-refractivity contribution in [3.63, 3.8) is 0 Å². The number of rotatable bonds is 3. The van der Waals surface area contributed by atoms with Gasteiger partial charge in [-0.2, -0.15) is 0 Å². The van der Waals surface area contributed by atoms with Gasteiger partial charge in [0.15, 0.2) is 5.82 Å². The number of hydrogen-bond donors (Lipinski definition) is 2. The van der Waals surface area contributed by atoms with Gasteiger partial charge in [-0.1, -0.05) is 5.16 Å². The first-order chi connectivity index (χ1) is 9.45. The number of aromatic nitrogens is 1. The van der Waals surface area contributed by atoms with Gasteiger partial charge in [0.2, 0.25) is 0 Å². The molecule has 0 unspecified atom stereocenters. The summed E-state index contributed by atoms with van der Waals surface area (Å²) in [6.07, 6.45) is 0. The van der Waals surface area contributed by atoms with Gasteiger partial charge in [-0.3, -0.25) is 5.32 Å². The van der Waals surface area contributed by atoms with Crippen molar-refractivity contribution in [2.45, 2.75) is 19.9 Å².